The van der Waals surface area contributed by atoms with Gasteiger partial charge in [0.05, 0.1) is 17.2 Å². The molecule has 2 heterocycles. The molecule has 1 fully saturated rings. The van der Waals surface area contributed by atoms with Gasteiger partial charge in [-0.15, -0.1) is 0 Å². The van der Waals surface area contributed by atoms with Crippen molar-refractivity contribution in [3.05, 3.63) is 101 Å². The van der Waals surface area contributed by atoms with Crippen LogP contribution in [0, 0.1) is 18.6 Å². The van der Waals surface area contributed by atoms with Crippen LogP contribution in [0.4, 0.5) is 14.5 Å². The molecule has 2 atom stereocenters. The molecule has 0 aliphatic carbocycles. The van der Waals surface area contributed by atoms with E-state index in [1.54, 1.807) is 43.3 Å². The molecule has 0 spiro atoms. The molecule has 0 bridgehead atoms. The number of hydrogen-bond acceptors (Lipinski definition) is 3. The summed E-state index contributed by atoms with van der Waals surface area (Å²) >= 11 is 0. The Balaban J connectivity index is 1.60. The van der Waals surface area contributed by atoms with Gasteiger partial charge in [0.2, 0.25) is 0 Å². The Hall–Kier alpha value is -3.87. The molecule has 1 saturated heterocycles. The van der Waals surface area contributed by atoms with Crippen LogP contribution in [0.15, 0.2) is 66.7 Å². The Kier molecular flexibility index (Phi) is 4.22. The van der Waals surface area contributed by atoms with Crippen molar-refractivity contribution in [1.82, 2.24) is 4.90 Å². The first kappa shape index (κ1) is 19.1. The first-order valence-electron chi connectivity index (χ1n) is 9.70. The van der Waals surface area contributed by atoms with Gasteiger partial charge in [-0.05, 0) is 54.4 Å². The average Bonchev–Trinajstić information content (AvgIpc) is 3.01. The van der Waals surface area contributed by atoms with Gasteiger partial charge in [0.1, 0.15) is 17.7 Å². The van der Waals surface area contributed by atoms with Crippen molar-refractivity contribution in [3.63, 3.8) is 0 Å². The maximum Gasteiger partial charge on any atom is 0.262 e. The molecule has 0 radical (unpaired) electrons. The number of rotatable bonds is 3. The molecular formula is C24H16F2N2O3. The Morgan fingerprint density at radius 1 is 0.742 bits per heavy atom. The quantitative estimate of drug-likeness (QED) is 0.477. The molecule has 0 aromatic heterocycles. The van der Waals surface area contributed by atoms with E-state index in [0.717, 1.165) is 4.90 Å². The van der Waals surface area contributed by atoms with Gasteiger partial charge in [0, 0.05) is 5.69 Å². The maximum atomic E-state index is 14.2. The van der Waals surface area contributed by atoms with Gasteiger partial charge in [-0.2, -0.15) is 0 Å². The zero-order valence-electron chi connectivity index (χ0n) is 16.4. The summed E-state index contributed by atoms with van der Waals surface area (Å²) in [5.41, 5.74) is 1.72. The Labute approximate surface area is 176 Å². The summed E-state index contributed by atoms with van der Waals surface area (Å²) in [6, 6.07) is 14.4. The van der Waals surface area contributed by atoms with Gasteiger partial charge < -0.3 is 4.90 Å². The fourth-order valence-corrected chi connectivity index (χ4v) is 4.20. The number of fused-ring (bicyclic) bond motifs is 1. The summed E-state index contributed by atoms with van der Waals surface area (Å²) in [7, 11) is 0. The number of imide groups is 1. The van der Waals surface area contributed by atoms with E-state index in [0.29, 0.717) is 16.8 Å². The molecule has 0 saturated carbocycles. The minimum absolute atomic E-state index is 0.234. The van der Waals surface area contributed by atoms with Gasteiger partial charge in [-0.3, -0.25) is 19.3 Å². The average molecular weight is 418 g/mol. The topological polar surface area (TPSA) is 57.7 Å². The van der Waals surface area contributed by atoms with Crippen molar-refractivity contribution < 1.29 is 23.2 Å². The van der Waals surface area contributed by atoms with Crippen molar-refractivity contribution in [2.75, 3.05) is 4.90 Å². The Morgan fingerprint density at radius 2 is 1.35 bits per heavy atom. The van der Waals surface area contributed by atoms with Crippen molar-refractivity contribution >= 4 is 23.4 Å². The van der Waals surface area contributed by atoms with Crippen LogP contribution in [0.2, 0.25) is 0 Å². The second kappa shape index (κ2) is 6.84. The molecule has 5 rings (SSSR count). The summed E-state index contributed by atoms with van der Waals surface area (Å²) in [5.74, 6) is -2.55. The summed E-state index contributed by atoms with van der Waals surface area (Å²) in [4.78, 5) is 41.5. The van der Waals surface area contributed by atoms with Gasteiger partial charge in [0.25, 0.3) is 17.7 Å². The van der Waals surface area contributed by atoms with Gasteiger partial charge in [0.15, 0.2) is 0 Å². The predicted octanol–water partition coefficient (Wildman–Crippen LogP) is 4.03. The third-order valence-electron chi connectivity index (χ3n) is 5.82. The summed E-state index contributed by atoms with van der Waals surface area (Å²) < 4.78 is 27.7. The van der Waals surface area contributed by atoms with E-state index in [-0.39, 0.29) is 11.1 Å². The highest BCUT2D eigenvalue weighted by Gasteiger charge is 2.57. The van der Waals surface area contributed by atoms with E-state index in [9.17, 15) is 23.2 Å². The number of amides is 3. The van der Waals surface area contributed by atoms with E-state index in [1.807, 2.05) is 0 Å². The van der Waals surface area contributed by atoms with E-state index in [2.05, 4.69) is 0 Å². The molecule has 31 heavy (non-hydrogen) atoms. The Morgan fingerprint density at radius 3 is 1.94 bits per heavy atom. The minimum Gasteiger partial charge on any atom is -0.300 e. The van der Waals surface area contributed by atoms with Crippen LogP contribution in [0.1, 0.15) is 37.9 Å². The highest BCUT2D eigenvalue weighted by Crippen LogP contribution is 2.44. The van der Waals surface area contributed by atoms with Crippen LogP contribution in [-0.2, 0) is 4.79 Å². The number of hydrogen-bond donors (Lipinski definition) is 0. The second-order valence-electron chi connectivity index (χ2n) is 7.61. The van der Waals surface area contributed by atoms with Crippen LogP contribution in [0.3, 0.4) is 0 Å². The molecule has 3 amide bonds. The zero-order valence-corrected chi connectivity index (χ0v) is 16.4. The highest BCUT2D eigenvalue weighted by atomic mass is 19.1. The molecule has 5 nitrogen and oxygen atoms in total. The third-order valence-corrected chi connectivity index (χ3v) is 5.82. The standard InChI is InChI=1S/C24H16F2N2O3/c1-13-6-11-16(12-19(13)26)27-20(14-7-9-15(25)10-8-14)21(24(27)31)28-22(29)17-4-2-3-5-18(17)23(28)30/h2-12,20-21H,1H3. The SMILES string of the molecule is Cc1ccc(N2C(=O)C(N3C(=O)c4ccccc4C3=O)C2c2ccc(F)cc2)cc1F. The molecule has 2 aliphatic rings. The van der Waals surface area contributed by atoms with Gasteiger partial charge >= 0.3 is 0 Å². The molecule has 0 N–H and O–H groups in total. The van der Waals surface area contributed by atoms with Crippen LogP contribution >= 0.6 is 0 Å². The molecule has 2 unspecified atom stereocenters. The van der Waals surface area contributed by atoms with Crippen LogP contribution in [0.25, 0.3) is 0 Å². The number of nitrogens with zero attached hydrogens (tertiary/aromatic N) is 2. The van der Waals surface area contributed by atoms with Crippen molar-refractivity contribution in [1.29, 1.82) is 0 Å². The third kappa shape index (κ3) is 2.77. The van der Waals surface area contributed by atoms with Crippen LogP contribution in [-0.4, -0.2) is 28.7 Å². The molecule has 3 aromatic rings. The molecule has 7 heteroatoms. The van der Waals surface area contributed by atoms with E-state index in [4.69, 9.17) is 0 Å². The Bertz CT molecular complexity index is 1220. The van der Waals surface area contributed by atoms with E-state index >= 15 is 0 Å². The molecule has 3 aromatic carbocycles. The number of benzene rings is 3. The van der Waals surface area contributed by atoms with Crippen molar-refractivity contribution in [2.45, 2.75) is 19.0 Å². The second-order valence-corrected chi connectivity index (χ2v) is 7.61. The number of carbonyl (C=O) groups is 3. The van der Waals surface area contributed by atoms with Crippen LogP contribution < -0.4 is 4.90 Å². The predicted molar refractivity (Wildman–Crippen MR) is 108 cm³/mol. The normalized spacial score (nSPS) is 20.2. The fourth-order valence-electron chi connectivity index (χ4n) is 4.20. The molecule has 154 valence electrons. The number of halogens is 2. The van der Waals surface area contributed by atoms with E-state index < -0.39 is 41.4 Å². The molecular weight excluding hydrogens is 402 g/mol. The number of carbonyl (C=O) groups excluding carboxylic acids is 3. The first-order valence-corrected chi connectivity index (χ1v) is 9.70. The number of aryl methyl sites for hydroxylation is 1. The van der Waals surface area contributed by atoms with E-state index in [1.165, 1.54) is 35.2 Å². The lowest BCUT2D eigenvalue weighted by molar-refractivity contribution is -0.130. The lowest BCUT2D eigenvalue weighted by Crippen LogP contribution is -2.67. The number of β-lactam (4-membered cyclic amide) rings is 1. The summed E-state index contributed by atoms with van der Waals surface area (Å²) in [6.07, 6.45) is 0. The summed E-state index contributed by atoms with van der Waals surface area (Å²) in [5, 5.41) is 0. The fraction of sp³-hybridized carbons (Fsp3) is 0.125. The summed E-state index contributed by atoms with van der Waals surface area (Å²) in [6.45, 7) is 1.61. The smallest absolute Gasteiger partial charge is 0.262 e. The zero-order chi connectivity index (χ0) is 21.9. The van der Waals surface area contributed by atoms with Crippen LogP contribution in [0.5, 0.6) is 0 Å². The largest absolute Gasteiger partial charge is 0.300 e. The lowest BCUT2D eigenvalue weighted by Gasteiger charge is -2.49. The monoisotopic (exact) mass is 418 g/mol. The van der Waals surface area contributed by atoms with Crippen molar-refractivity contribution in [3.8, 4) is 0 Å². The molecule has 2 aliphatic heterocycles. The van der Waals surface area contributed by atoms with Crippen molar-refractivity contribution in [2.24, 2.45) is 0 Å². The van der Waals surface area contributed by atoms with Gasteiger partial charge in [-0.1, -0.05) is 30.3 Å². The highest BCUT2D eigenvalue weighted by molar-refractivity contribution is 6.24. The first-order chi connectivity index (χ1) is 14.9. The lowest BCUT2D eigenvalue weighted by atomic mass is 9.86. The maximum absolute atomic E-state index is 14.2. The number of anilines is 1. The van der Waals surface area contributed by atoms with Gasteiger partial charge in [-0.25, -0.2) is 8.78 Å². The minimum atomic E-state index is -1.11.